The van der Waals surface area contributed by atoms with Crippen LogP contribution in [0, 0.1) is 11.8 Å². The Bertz CT molecular complexity index is 293. The fourth-order valence-electron chi connectivity index (χ4n) is 2.49. The molecule has 0 spiro atoms. The predicted molar refractivity (Wildman–Crippen MR) is 67.0 cm³/mol. The van der Waals surface area contributed by atoms with Gasteiger partial charge in [-0.3, -0.25) is 9.59 Å². The lowest BCUT2D eigenvalue weighted by Gasteiger charge is -2.21. The van der Waals surface area contributed by atoms with Gasteiger partial charge < -0.3 is 15.1 Å². The number of carboxylic acids is 1. The number of hydrogen-bond donors (Lipinski definition) is 2. The molecule has 2 atom stereocenters. The average molecular weight is 257 g/mol. The summed E-state index contributed by atoms with van der Waals surface area (Å²) in [6.45, 7) is 0.883. The van der Waals surface area contributed by atoms with Crippen molar-refractivity contribution in [3.8, 4) is 0 Å². The first kappa shape index (κ1) is 15.0. The van der Waals surface area contributed by atoms with Gasteiger partial charge in [0.15, 0.2) is 0 Å². The number of aliphatic carboxylic acids is 1. The molecular formula is C13H23NO4. The monoisotopic (exact) mass is 257 g/mol. The van der Waals surface area contributed by atoms with E-state index in [9.17, 15) is 9.59 Å². The van der Waals surface area contributed by atoms with Crippen molar-refractivity contribution in [3.63, 3.8) is 0 Å². The molecule has 5 heteroatoms. The minimum Gasteiger partial charge on any atom is -0.481 e. The largest absolute Gasteiger partial charge is 0.481 e. The van der Waals surface area contributed by atoms with Crippen molar-refractivity contribution in [2.75, 3.05) is 20.2 Å². The van der Waals surface area contributed by atoms with E-state index in [4.69, 9.17) is 10.2 Å². The molecule has 0 aliphatic heterocycles. The van der Waals surface area contributed by atoms with Crippen molar-refractivity contribution in [2.24, 2.45) is 11.8 Å². The third-order valence-electron chi connectivity index (χ3n) is 3.66. The SMILES string of the molecule is CN(CCCCCO)C(=O)C1CCC(C(=O)O)C1. The summed E-state index contributed by atoms with van der Waals surface area (Å²) in [6, 6.07) is 0. The molecule has 1 saturated carbocycles. The molecule has 0 aromatic rings. The molecule has 1 aliphatic carbocycles. The molecule has 1 fully saturated rings. The molecular weight excluding hydrogens is 234 g/mol. The number of amides is 1. The highest BCUT2D eigenvalue weighted by atomic mass is 16.4. The van der Waals surface area contributed by atoms with Crippen molar-refractivity contribution in [1.29, 1.82) is 0 Å². The van der Waals surface area contributed by atoms with Crippen LogP contribution in [0.3, 0.4) is 0 Å². The van der Waals surface area contributed by atoms with Crippen LogP contribution in [0.25, 0.3) is 0 Å². The molecule has 1 rings (SSSR count). The predicted octanol–water partition coefficient (Wildman–Crippen LogP) is 1.11. The number of carboxylic acid groups (broad SMARTS) is 1. The van der Waals surface area contributed by atoms with E-state index in [1.807, 2.05) is 0 Å². The summed E-state index contributed by atoms with van der Waals surface area (Å²) in [7, 11) is 1.77. The first-order valence-electron chi connectivity index (χ1n) is 6.65. The lowest BCUT2D eigenvalue weighted by molar-refractivity contribution is -0.141. The van der Waals surface area contributed by atoms with Crippen molar-refractivity contribution < 1.29 is 19.8 Å². The molecule has 1 aliphatic rings. The molecule has 0 heterocycles. The first-order chi connectivity index (χ1) is 8.56. The van der Waals surface area contributed by atoms with Crippen LogP contribution in [0.5, 0.6) is 0 Å². The lowest BCUT2D eigenvalue weighted by atomic mass is 10.0. The smallest absolute Gasteiger partial charge is 0.306 e. The zero-order valence-corrected chi connectivity index (χ0v) is 11.0. The van der Waals surface area contributed by atoms with Crippen LogP contribution in [0.1, 0.15) is 38.5 Å². The average Bonchev–Trinajstić information content (AvgIpc) is 2.83. The Balaban J connectivity index is 2.29. The quantitative estimate of drug-likeness (QED) is 0.670. The van der Waals surface area contributed by atoms with Crippen LogP contribution in [0.4, 0.5) is 0 Å². The van der Waals surface area contributed by atoms with Gasteiger partial charge in [-0.05, 0) is 38.5 Å². The van der Waals surface area contributed by atoms with E-state index >= 15 is 0 Å². The molecule has 2 N–H and O–H groups in total. The summed E-state index contributed by atoms with van der Waals surface area (Å²) < 4.78 is 0. The molecule has 0 radical (unpaired) electrons. The summed E-state index contributed by atoms with van der Waals surface area (Å²) in [6.07, 6.45) is 4.36. The van der Waals surface area contributed by atoms with Gasteiger partial charge in [-0.25, -0.2) is 0 Å². The first-order valence-corrected chi connectivity index (χ1v) is 6.65. The summed E-state index contributed by atoms with van der Waals surface area (Å²) in [4.78, 5) is 24.6. The van der Waals surface area contributed by atoms with E-state index in [1.54, 1.807) is 11.9 Å². The maximum absolute atomic E-state index is 12.1. The fraction of sp³-hybridized carbons (Fsp3) is 0.846. The van der Waals surface area contributed by atoms with E-state index in [1.165, 1.54) is 0 Å². The van der Waals surface area contributed by atoms with Crippen molar-refractivity contribution in [1.82, 2.24) is 4.90 Å². The van der Waals surface area contributed by atoms with Crippen molar-refractivity contribution in [2.45, 2.75) is 38.5 Å². The number of carbonyl (C=O) groups is 2. The summed E-state index contributed by atoms with van der Waals surface area (Å²) >= 11 is 0. The Morgan fingerprint density at radius 2 is 1.83 bits per heavy atom. The van der Waals surface area contributed by atoms with Crippen LogP contribution in [-0.2, 0) is 9.59 Å². The number of aliphatic hydroxyl groups is 1. The van der Waals surface area contributed by atoms with Crippen LogP contribution in [0.15, 0.2) is 0 Å². The zero-order valence-electron chi connectivity index (χ0n) is 11.0. The van der Waals surface area contributed by atoms with Gasteiger partial charge >= 0.3 is 5.97 Å². The molecule has 0 saturated heterocycles. The number of aliphatic hydroxyl groups excluding tert-OH is 1. The van der Waals surface area contributed by atoms with E-state index < -0.39 is 5.97 Å². The van der Waals surface area contributed by atoms with Crippen LogP contribution in [0.2, 0.25) is 0 Å². The third kappa shape index (κ3) is 4.29. The minimum atomic E-state index is -0.782. The van der Waals surface area contributed by atoms with Gasteiger partial charge in [0.05, 0.1) is 5.92 Å². The Morgan fingerprint density at radius 3 is 2.39 bits per heavy atom. The molecule has 2 unspecified atom stereocenters. The van der Waals surface area contributed by atoms with E-state index in [0.29, 0.717) is 25.8 Å². The van der Waals surface area contributed by atoms with Gasteiger partial charge in [0.2, 0.25) is 5.91 Å². The maximum atomic E-state index is 12.1. The topological polar surface area (TPSA) is 77.8 Å². The molecule has 104 valence electrons. The number of hydrogen-bond acceptors (Lipinski definition) is 3. The zero-order chi connectivity index (χ0) is 13.5. The second-order valence-corrected chi connectivity index (χ2v) is 5.09. The second kappa shape index (κ2) is 7.36. The van der Waals surface area contributed by atoms with Gasteiger partial charge in [-0.2, -0.15) is 0 Å². The highest BCUT2D eigenvalue weighted by Crippen LogP contribution is 2.32. The maximum Gasteiger partial charge on any atom is 0.306 e. The lowest BCUT2D eigenvalue weighted by Crippen LogP contribution is -2.33. The second-order valence-electron chi connectivity index (χ2n) is 5.09. The molecule has 5 nitrogen and oxygen atoms in total. The summed E-state index contributed by atoms with van der Waals surface area (Å²) in [5, 5.41) is 17.6. The molecule has 18 heavy (non-hydrogen) atoms. The van der Waals surface area contributed by atoms with Crippen molar-refractivity contribution in [3.05, 3.63) is 0 Å². The van der Waals surface area contributed by atoms with Gasteiger partial charge in [-0.15, -0.1) is 0 Å². The van der Waals surface area contributed by atoms with Crippen LogP contribution >= 0.6 is 0 Å². The van der Waals surface area contributed by atoms with Gasteiger partial charge in [-0.1, -0.05) is 0 Å². The molecule has 0 aromatic carbocycles. The van der Waals surface area contributed by atoms with Gasteiger partial charge in [0, 0.05) is 26.1 Å². The van der Waals surface area contributed by atoms with Gasteiger partial charge in [0.25, 0.3) is 0 Å². The Labute approximate surface area is 108 Å². The number of rotatable bonds is 7. The standard InChI is InChI=1S/C13H23NO4/c1-14(7-3-2-4-8-15)12(16)10-5-6-11(9-10)13(17)18/h10-11,15H,2-9H2,1H3,(H,17,18). The van der Waals surface area contributed by atoms with Crippen LogP contribution in [-0.4, -0.2) is 47.2 Å². The molecule has 0 aromatic heterocycles. The van der Waals surface area contributed by atoms with E-state index in [-0.39, 0.29) is 24.3 Å². The minimum absolute atomic E-state index is 0.0720. The highest BCUT2D eigenvalue weighted by molar-refractivity contribution is 5.80. The normalized spacial score (nSPS) is 23.0. The van der Waals surface area contributed by atoms with Crippen molar-refractivity contribution >= 4 is 11.9 Å². The summed E-state index contributed by atoms with van der Waals surface area (Å²) in [5.74, 6) is -1.17. The van der Waals surface area contributed by atoms with Gasteiger partial charge in [0.1, 0.15) is 0 Å². The third-order valence-corrected chi connectivity index (χ3v) is 3.66. The fourth-order valence-corrected chi connectivity index (χ4v) is 2.49. The highest BCUT2D eigenvalue weighted by Gasteiger charge is 2.34. The summed E-state index contributed by atoms with van der Waals surface area (Å²) in [5.41, 5.74) is 0. The Hall–Kier alpha value is -1.10. The molecule has 1 amide bonds. The Morgan fingerprint density at radius 1 is 1.17 bits per heavy atom. The number of unbranched alkanes of at least 4 members (excludes halogenated alkanes) is 2. The van der Waals surface area contributed by atoms with Crippen LogP contribution < -0.4 is 0 Å². The molecule has 0 bridgehead atoms. The number of carbonyl (C=O) groups excluding carboxylic acids is 1. The Kier molecular flexibility index (Phi) is 6.12. The number of nitrogens with zero attached hydrogens (tertiary/aromatic N) is 1. The van der Waals surface area contributed by atoms with E-state index in [0.717, 1.165) is 19.3 Å². The van der Waals surface area contributed by atoms with E-state index in [2.05, 4.69) is 0 Å².